The third-order valence-corrected chi connectivity index (χ3v) is 6.89. The number of carboxylic acids is 1. The summed E-state index contributed by atoms with van der Waals surface area (Å²) in [7, 11) is -4.25. The number of aliphatic carboxylic acids is 1. The first-order chi connectivity index (χ1) is 15.5. The molecule has 1 saturated heterocycles. The zero-order valence-corrected chi connectivity index (χ0v) is 22.8. The predicted molar refractivity (Wildman–Crippen MR) is 113 cm³/mol. The first-order valence-electron chi connectivity index (χ1n) is 10.5. The van der Waals surface area contributed by atoms with E-state index in [0.717, 1.165) is 11.1 Å². The Hall–Kier alpha value is -1.44. The van der Waals surface area contributed by atoms with E-state index < -0.39 is 39.8 Å². The molecule has 174 valence electrons. The number of carbonyl (C=O) groups excluding carboxylic acids is 2. The van der Waals surface area contributed by atoms with Gasteiger partial charge in [0, 0.05) is 23.4 Å². The first kappa shape index (κ1) is 27.1. The molecule has 9 nitrogen and oxygen atoms in total. The van der Waals surface area contributed by atoms with Gasteiger partial charge >= 0.3 is 51.4 Å². The van der Waals surface area contributed by atoms with Gasteiger partial charge in [0.05, 0.1) is 39.8 Å². The minimum Gasteiger partial charge on any atom is -0.748 e. The maximum Gasteiger partial charge on any atom is 1.00 e. The fourth-order valence-electron chi connectivity index (χ4n) is 4.54. The summed E-state index contributed by atoms with van der Waals surface area (Å²) < 4.78 is 34.2. The monoisotopic (exact) mass is 510 g/mol. The van der Waals surface area contributed by atoms with Crippen molar-refractivity contribution < 1.29 is 88.7 Å². The van der Waals surface area contributed by atoms with Crippen molar-refractivity contribution >= 4 is 27.6 Å². The molecule has 4 rings (SSSR count). The first-order valence-corrected chi connectivity index (χ1v) is 12.1. The number of carboxylic acid groups (broad SMARTS) is 1. The van der Waals surface area contributed by atoms with E-state index >= 15 is 0 Å². The van der Waals surface area contributed by atoms with E-state index in [1.54, 1.807) is 36.7 Å². The van der Waals surface area contributed by atoms with Crippen molar-refractivity contribution in [3.8, 4) is 0 Å². The van der Waals surface area contributed by atoms with Crippen LogP contribution in [0.4, 0.5) is 0 Å². The molecule has 1 aromatic carbocycles. The molecular formula is C23H23KN2O7S. The number of nitrogens with zero attached hydrogens (tertiary/aromatic N) is 2. The molecule has 11 heteroatoms. The van der Waals surface area contributed by atoms with Gasteiger partial charge in [-0.25, -0.2) is 13.0 Å². The van der Waals surface area contributed by atoms with Gasteiger partial charge in [0.2, 0.25) is 5.91 Å². The van der Waals surface area contributed by atoms with E-state index in [1.165, 1.54) is 11.8 Å². The maximum absolute atomic E-state index is 12.3. The Balaban J connectivity index is 0.00000324. The third-order valence-electron chi connectivity index (χ3n) is 6.19. The quantitative estimate of drug-likeness (QED) is 0.166. The molecule has 1 fully saturated rings. The maximum atomic E-state index is 12.3. The summed E-state index contributed by atoms with van der Waals surface area (Å²) in [6.45, 7) is 2.06. The Morgan fingerprint density at radius 3 is 2.32 bits per heavy atom. The predicted octanol–water partition coefficient (Wildman–Crippen LogP) is -3.81. The number of aromatic nitrogens is 1. The molecule has 2 aliphatic heterocycles. The Labute approximate surface area is 240 Å². The second-order valence-corrected chi connectivity index (χ2v) is 9.97. The molecule has 2 aromatic rings. The van der Waals surface area contributed by atoms with Crippen molar-refractivity contribution in [2.24, 2.45) is 5.92 Å². The van der Waals surface area contributed by atoms with E-state index in [-0.39, 0.29) is 69.5 Å². The summed E-state index contributed by atoms with van der Waals surface area (Å²) in [6, 6.07) is 10.5. The number of hydrogen-bond acceptors (Lipinski definition) is 7. The van der Waals surface area contributed by atoms with Gasteiger partial charge in [-0.05, 0) is 36.5 Å². The van der Waals surface area contributed by atoms with Crippen molar-refractivity contribution in [1.29, 1.82) is 0 Å². The summed E-state index contributed by atoms with van der Waals surface area (Å²) in [5.74, 6) is -2.85. The molecule has 1 amide bonds. The molecule has 0 saturated carbocycles. The van der Waals surface area contributed by atoms with Gasteiger partial charge in [0.25, 0.3) is 0 Å². The summed E-state index contributed by atoms with van der Waals surface area (Å²) in [4.78, 5) is 25.3. The molecule has 0 aliphatic carbocycles. The summed E-state index contributed by atoms with van der Waals surface area (Å²) >= 11 is 0. The number of carbonyl (C=O) groups is 2. The Morgan fingerprint density at radius 1 is 1.18 bits per heavy atom. The molecule has 34 heavy (non-hydrogen) atoms. The zero-order valence-electron chi connectivity index (χ0n) is 18.9. The van der Waals surface area contributed by atoms with Crippen LogP contribution in [0.3, 0.4) is 0 Å². The van der Waals surface area contributed by atoms with Crippen LogP contribution in [0.5, 0.6) is 0 Å². The number of rotatable bonds is 8. The van der Waals surface area contributed by atoms with Crippen LogP contribution in [-0.2, 0) is 32.7 Å². The van der Waals surface area contributed by atoms with Crippen molar-refractivity contribution in [2.45, 2.75) is 38.5 Å². The average Bonchev–Trinajstić information content (AvgIpc) is 3.08. The number of aliphatic hydroxyl groups is 1. The van der Waals surface area contributed by atoms with Crippen LogP contribution in [0.25, 0.3) is 5.57 Å². The number of hydrogen-bond donors (Lipinski definition) is 1. The van der Waals surface area contributed by atoms with Gasteiger partial charge in [0.1, 0.15) is 0 Å². The van der Waals surface area contributed by atoms with E-state index in [2.05, 4.69) is 0 Å². The van der Waals surface area contributed by atoms with Crippen LogP contribution in [0.2, 0.25) is 0 Å². The molecule has 0 bridgehead atoms. The fourth-order valence-corrected chi connectivity index (χ4v) is 5.03. The molecular weight excluding hydrogens is 487 g/mol. The summed E-state index contributed by atoms with van der Waals surface area (Å²) in [5.41, 5.74) is 2.78. The SMILES string of the molecule is C[C@@H](O)[C@H]1C(=O)N2C(C(=O)[O-])=C(c3ccc(C[n+]4ccc(CCS(=O)(=O)[O-])cc4)cc3)C[C@H]12.[K+]. The van der Waals surface area contributed by atoms with Gasteiger partial charge in [0.15, 0.2) is 18.9 Å². The van der Waals surface area contributed by atoms with Crippen molar-refractivity contribution in [3.63, 3.8) is 0 Å². The molecule has 0 unspecified atom stereocenters. The Morgan fingerprint density at radius 2 is 1.79 bits per heavy atom. The summed E-state index contributed by atoms with van der Waals surface area (Å²) in [6.07, 6.45) is 3.24. The third kappa shape index (κ3) is 5.68. The number of benzene rings is 1. The van der Waals surface area contributed by atoms with E-state index in [1.807, 2.05) is 16.7 Å². The zero-order chi connectivity index (χ0) is 23.9. The minimum absolute atomic E-state index is 0. The number of β-lactam (4-membered cyclic amide) rings is 1. The number of aliphatic hydroxyl groups excluding tert-OH is 1. The fraction of sp³-hybridized carbons (Fsp3) is 0.348. The minimum atomic E-state index is -4.25. The molecule has 1 aromatic heterocycles. The van der Waals surface area contributed by atoms with Crippen LogP contribution >= 0.6 is 0 Å². The molecule has 2 aliphatic rings. The van der Waals surface area contributed by atoms with Crippen molar-refractivity contribution in [2.75, 3.05) is 5.75 Å². The normalized spacial score (nSPS) is 20.4. The van der Waals surface area contributed by atoms with Crippen molar-refractivity contribution in [1.82, 2.24) is 4.90 Å². The second-order valence-electron chi connectivity index (χ2n) is 8.45. The van der Waals surface area contributed by atoms with Crippen LogP contribution in [0.1, 0.15) is 30.0 Å². The molecule has 0 spiro atoms. The van der Waals surface area contributed by atoms with E-state index in [4.69, 9.17) is 0 Å². The molecule has 3 atom stereocenters. The van der Waals surface area contributed by atoms with Gasteiger partial charge in [-0.15, -0.1) is 0 Å². The largest absolute Gasteiger partial charge is 1.00 e. The average molecular weight is 511 g/mol. The standard InChI is InChI=1S/C23H24N2O7S.K/c1-14(26)20-19-12-18(21(23(28)29)25(19)22(20)27)17-4-2-16(3-5-17)13-24-9-6-15(7-10-24)8-11-33(30,31)32;/h2-7,9-10,14,19-20,26H,8,11-13H2,1H3,(H-,28,29,30,31,32);/q;+1/p-1/t14-,19-,20-;/m1./s1. The number of aryl methyl sites for hydroxylation is 1. The number of fused-ring (bicyclic) bond motifs is 1. The summed E-state index contributed by atoms with van der Waals surface area (Å²) in [5, 5.41) is 21.6. The van der Waals surface area contributed by atoms with Gasteiger partial charge in [-0.1, -0.05) is 24.3 Å². The Bertz CT molecular complexity index is 1220. The van der Waals surface area contributed by atoms with Crippen LogP contribution in [0.15, 0.2) is 54.5 Å². The second kappa shape index (κ2) is 10.7. The van der Waals surface area contributed by atoms with Crippen molar-refractivity contribution in [3.05, 3.63) is 71.2 Å². The number of pyridine rings is 1. The topological polar surface area (TPSA) is 142 Å². The van der Waals surface area contributed by atoms with Gasteiger partial charge in [-0.2, -0.15) is 0 Å². The van der Waals surface area contributed by atoms with Crippen LogP contribution in [-0.4, -0.2) is 52.8 Å². The Kier molecular flexibility index (Phi) is 8.52. The molecule has 1 N–H and O–H groups in total. The van der Waals surface area contributed by atoms with Gasteiger partial charge < -0.3 is 24.5 Å². The van der Waals surface area contributed by atoms with E-state index in [0.29, 0.717) is 24.1 Å². The van der Waals surface area contributed by atoms with Crippen LogP contribution < -0.4 is 61.1 Å². The van der Waals surface area contributed by atoms with Crippen LogP contribution in [0, 0.1) is 5.92 Å². The molecule has 3 heterocycles. The smallest absolute Gasteiger partial charge is 0.748 e. The molecule has 0 radical (unpaired) electrons. The number of amides is 1. The van der Waals surface area contributed by atoms with E-state index in [9.17, 15) is 32.8 Å². The van der Waals surface area contributed by atoms with Gasteiger partial charge in [-0.3, -0.25) is 4.79 Å².